The molecule has 2 N–H and O–H groups in total. The Labute approximate surface area is 109 Å². The zero-order chi connectivity index (χ0) is 12.8. The van der Waals surface area contributed by atoms with E-state index in [9.17, 15) is 9.18 Å². The van der Waals surface area contributed by atoms with Crippen molar-refractivity contribution in [2.45, 2.75) is 6.42 Å². The highest BCUT2D eigenvalue weighted by atomic mass is 32.2. The van der Waals surface area contributed by atoms with Crippen LogP contribution in [-0.4, -0.2) is 30.0 Å². The molecule has 0 aromatic heterocycles. The third-order valence-corrected chi connectivity index (χ3v) is 3.33. The van der Waals surface area contributed by atoms with Gasteiger partial charge in [-0.15, -0.1) is 0 Å². The number of hydrogen-bond acceptors (Lipinski definition) is 3. The first-order valence-electron chi connectivity index (χ1n) is 5.71. The van der Waals surface area contributed by atoms with E-state index in [1.807, 2.05) is 0 Å². The highest BCUT2D eigenvalue weighted by Crippen LogP contribution is 2.08. The number of hydrogen-bond donors (Lipinski definition) is 2. The number of amidine groups is 1. The minimum atomic E-state index is -0.292. The lowest BCUT2D eigenvalue weighted by Crippen LogP contribution is -2.38. The fourth-order valence-corrected chi connectivity index (χ4v) is 2.29. The van der Waals surface area contributed by atoms with E-state index in [-0.39, 0.29) is 11.8 Å². The molecule has 1 aliphatic rings. The molecule has 4 nitrogen and oxygen atoms in total. The van der Waals surface area contributed by atoms with Crippen LogP contribution < -0.4 is 10.6 Å². The van der Waals surface area contributed by atoms with Crippen LogP contribution in [0.1, 0.15) is 5.56 Å². The van der Waals surface area contributed by atoms with Gasteiger partial charge in [-0.3, -0.25) is 10.3 Å². The quantitative estimate of drug-likeness (QED) is 0.877. The Morgan fingerprint density at radius 3 is 3.00 bits per heavy atom. The molecular weight excluding hydrogens is 253 g/mol. The van der Waals surface area contributed by atoms with Gasteiger partial charge in [0.05, 0.1) is 6.54 Å². The van der Waals surface area contributed by atoms with Gasteiger partial charge in [-0.1, -0.05) is 30.0 Å². The Balaban J connectivity index is 1.72. The smallest absolute Gasteiger partial charge is 0.320 e. The molecule has 0 saturated heterocycles. The van der Waals surface area contributed by atoms with Crippen LogP contribution in [0.25, 0.3) is 0 Å². The Hall–Kier alpha value is -1.56. The van der Waals surface area contributed by atoms with Gasteiger partial charge in [0, 0.05) is 12.3 Å². The van der Waals surface area contributed by atoms with E-state index in [0.29, 0.717) is 23.7 Å². The number of aliphatic imine (C=N–C) groups is 1. The van der Waals surface area contributed by atoms with Crippen molar-refractivity contribution in [3.05, 3.63) is 35.6 Å². The molecule has 1 aliphatic heterocycles. The second-order valence-corrected chi connectivity index (χ2v) is 4.84. The van der Waals surface area contributed by atoms with E-state index in [1.54, 1.807) is 18.2 Å². The average molecular weight is 267 g/mol. The first-order chi connectivity index (χ1) is 8.75. The standard InChI is InChI=1S/C12H14FN3OS/c13-10-4-2-1-3-9(10)5-6-14-11(17)16-12-15-7-8-18-12/h1-4H,5-8H2,(H2,14,15,16,17). The molecule has 0 aliphatic carbocycles. The Kier molecular flexibility index (Phi) is 4.58. The maximum atomic E-state index is 13.3. The molecule has 0 radical (unpaired) electrons. The van der Waals surface area contributed by atoms with E-state index in [1.165, 1.54) is 17.8 Å². The molecule has 0 saturated carbocycles. The summed E-state index contributed by atoms with van der Waals surface area (Å²) in [6.45, 7) is 1.14. The highest BCUT2D eigenvalue weighted by Gasteiger charge is 2.10. The lowest BCUT2D eigenvalue weighted by molar-refractivity contribution is 0.245. The molecule has 0 fully saturated rings. The molecule has 0 spiro atoms. The second-order valence-electron chi connectivity index (χ2n) is 3.76. The van der Waals surface area contributed by atoms with Crippen molar-refractivity contribution in [1.29, 1.82) is 0 Å². The summed E-state index contributed by atoms with van der Waals surface area (Å²) in [5.74, 6) is 0.667. The molecule has 0 atom stereocenters. The van der Waals surface area contributed by atoms with Crippen LogP contribution in [0.4, 0.5) is 9.18 Å². The van der Waals surface area contributed by atoms with Crippen LogP contribution in [0.15, 0.2) is 29.3 Å². The first kappa shape index (κ1) is 12.9. The number of thioether (sulfide) groups is 1. The van der Waals surface area contributed by atoms with Gasteiger partial charge in [0.25, 0.3) is 0 Å². The first-order valence-corrected chi connectivity index (χ1v) is 6.70. The van der Waals surface area contributed by atoms with Crippen LogP contribution in [-0.2, 0) is 6.42 Å². The molecule has 1 aromatic rings. The second kappa shape index (κ2) is 6.39. The van der Waals surface area contributed by atoms with E-state index in [4.69, 9.17) is 0 Å². The predicted molar refractivity (Wildman–Crippen MR) is 71.4 cm³/mol. The average Bonchev–Trinajstić information content (AvgIpc) is 2.84. The molecule has 2 rings (SSSR count). The zero-order valence-electron chi connectivity index (χ0n) is 9.78. The minimum Gasteiger partial charge on any atom is -0.337 e. The predicted octanol–water partition coefficient (Wildman–Crippen LogP) is 1.77. The monoisotopic (exact) mass is 267 g/mol. The summed E-state index contributed by atoms with van der Waals surface area (Å²) < 4.78 is 13.3. The van der Waals surface area contributed by atoms with Crippen molar-refractivity contribution in [3.63, 3.8) is 0 Å². The van der Waals surface area contributed by atoms with E-state index in [2.05, 4.69) is 15.6 Å². The Bertz CT molecular complexity index is 464. The fraction of sp³-hybridized carbons (Fsp3) is 0.333. The van der Waals surface area contributed by atoms with Crippen molar-refractivity contribution in [2.75, 3.05) is 18.8 Å². The van der Waals surface area contributed by atoms with Crippen molar-refractivity contribution in [3.8, 4) is 0 Å². The van der Waals surface area contributed by atoms with Crippen molar-refractivity contribution >= 4 is 23.0 Å². The van der Waals surface area contributed by atoms with Crippen LogP contribution in [0, 0.1) is 5.82 Å². The van der Waals surface area contributed by atoms with Gasteiger partial charge >= 0.3 is 6.03 Å². The maximum Gasteiger partial charge on any atom is 0.320 e. The number of nitrogens with one attached hydrogen (secondary N) is 2. The van der Waals surface area contributed by atoms with Crippen molar-refractivity contribution < 1.29 is 9.18 Å². The number of nitrogens with zero attached hydrogens (tertiary/aromatic N) is 1. The van der Waals surface area contributed by atoms with Gasteiger partial charge < -0.3 is 5.32 Å². The molecule has 6 heteroatoms. The van der Waals surface area contributed by atoms with Gasteiger partial charge in [0.2, 0.25) is 0 Å². The number of benzene rings is 1. The van der Waals surface area contributed by atoms with E-state index < -0.39 is 0 Å². The normalized spacial score (nSPS) is 14.2. The summed E-state index contributed by atoms with van der Waals surface area (Å²) in [5.41, 5.74) is 0.602. The topological polar surface area (TPSA) is 53.5 Å². The molecule has 96 valence electrons. The van der Waals surface area contributed by atoms with Crippen LogP contribution in [0.3, 0.4) is 0 Å². The SMILES string of the molecule is O=C(NCCc1ccccc1F)NC1=NCCS1. The van der Waals surface area contributed by atoms with E-state index >= 15 is 0 Å². The molecule has 1 aromatic carbocycles. The third-order valence-electron chi connectivity index (χ3n) is 2.44. The summed E-state index contributed by atoms with van der Waals surface area (Å²) in [5, 5.41) is 5.97. The molecule has 2 amide bonds. The van der Waals surface area contributed by atoms with Crippen LogP contribution >= 0.6 is 11.8 Å². The van der Waals surface area contributed by atoms with Gasteiger partial charge in [-0.25, -0.2) is 9.18 Å². The lowest BCUT2D eigenvalue weighted by Gasteiger charge is -2.07. The highest BCUT2D eigenvalue weighted by molar-refractivity contribution is 8.14. The van der Waals surface area contributed by atoms with Crippen molar-refractivity contribution in [1.82, 2.24) is 10.6 Å². The summed E-state index contributed by atoms with van der Waals surface area (Å²) >= 11 is 1.52. The zero-order valence-corrected chi connectivity index (χ0v) is 10.6. The maximum absolute atomic E-state index is 13.3. The third kappa shape index (κ3) is 3.73. The largest absolute Gasteiger partial charge is 0.337 e. The van der Waals surface area contributed by atoms with Crippen LogP contribution in [0.5, 0.6) is 0 Å². The van der Waals surface area contributed by atoms with Gasteiger partial charge in [-0.05, 0) is 18.1 Å². The van der Waals surface area contributed by atoms with Crippen LogP contribution in [0.2, 0.25) is 0 Å². The fourth-order valence-electron chi connectivity index (χ4n) is 1.56. The minimum absolute atomic E-state index is 0.240. The van der Waals surface area contributed by atoms with E-state index in [0.717, 1.165) is 12.3 Å². The number of urea groups is 1. The summed E-state index contributed by atoms with van der Waals surface area (Å²) in [7, 11) is 0. The number of carbonyl (C=O) groups excluding carboxylic acids is 1. The summed E-state index contributed by atoms with van der Waals surface area (Å²) in [4.78, 5) is 15.6. The molecule has 0 bridgehead atoms. The molecular formula is C12H14FN3OS. The summed E-state index contributed by atoms with van der Waals surface area (Å²) in [6.07, 6.45) is 0.472. The lowest BCUT2D eigenvalue weighted by atomic mass is 10.1. The Morgan fingerprint density at radius 1 is 1.44 bits per heavy atom. The number of carbonyl (C=O) groups is 1. The van der Waals surface area contributed by atoms with Crippen molar-refractivity contribution in [2.24, 2.45) is 4.99 Å². The molecule has 1 heterocycles. The number of rotatable bonds is 3. The van der Waals surface area contributed by atoms with Gasteiger partial charge in [0.1, 0.15) is 5.82 Å². The number of halogens is 1. The Morgan fingerprint density at radius 2 is 2.28 bits per heavy atom. The number of amides is 2. The summed E-state index contributed by atoms with van der Waals surface area (Å²) in [6, 6.07) is 6.27. The molecule has 0 unspecified atom stereocenters. The van der Waals surface area contributed by atoms with Gasteiger partial charge in [0.15, 0.2) is 5.17 Å². The molecule has 18 heavy (non-hydrogen) atoms. The van der Waals surface area contributed by atoms with Gasteiger partial charge in [-0.2, -0.15) is 0 Å².